The summed E-state index contributed by atoms with van der Waals surface area (Å²) in [5.74, 6) is 0.250. The molecule has 2 N–H and O–H groups in total. The monoisotopic (exact) mass is 214 g/mol. The molecule has 0 fully saturated rings. The smallest absolute Gasteiger partial charge is 0.124 e. The lowest BCUT2D eigenvalue weighted by Crippen LogP contribution is -1.90. The second-order valence-corrected chi connectivity index (χ2v) is 3.37. The normalized spacial score (nSPS) is 10.8. The van der Waals surface area contributed by atoms with Gasteiger partial charge >= 0.3 is 0 Å². The molecule has 0 amide bonds. The summed E-state index contributed by atoms with van der Waals surface area (Å²) in [6.07, 6.45) is 3.70. The third-order valence-electron chi connectivity index (χ3n) is 2.11. The minimum Gasteiger partial charge on any atom is -0.384 e. The van der Waals surface area contributed by atoms with E-state index in [1.54, 1.807) is 18.2 Å². The van der Waals surface area contributed by atoms with Crippen LogP contribution in [0.1, 0.15) is 11.3 Å². The maximum atomic E-state index is 12.6. The number of nitrogens with zero attached hydrogens (tertiary/aromatic N) is 1. The number of hydrogen-bond acceptors (Lipinski definition) is 2. The van der Waals surface area contributed by atoms with Crippen LogP contribution in [0.3, 0.4) is 0 Å². The lowest BCUT2D eigenvalue weighted by Gasteiger charge is -1.95. The Balaban J connectivity index is 2.18. The van der Waals surface area contributed by atoms with Gasteiger partial charge in [0.25, 0.3) is 0 Å². The summed E-state index contributed by atoms with van der Waals surface area (Å²) in [6.45, 7) is 0. The molecule has 0 saturated carbocycles. The number of halogens is 1. The molecule has 3 heteroatoms. The number of pyridine rings is 1. The van der Waals surface area contributed by atoms with Crippen LogP contribution >= 0.6 is 0 Å². The molecule has 0 aliphatic carbocycles. The predicted octanol–water partition coefficient (Wildman–Crippen LogP) is 2.97. The fraction of sp³-hybridized carbons (Fsp3) is 0. The molecule has 0 aliphatic heterocycles. The highest BCUT2D eigenvalue weighted by Gasteiger charge is 1.91. The van der Waals surface area contributed by atoms with Crippen molar-refractivity contribution in [3.05, 3.63) is 59.5 Å². The molecule has 1 aromatic heterocycles. The van der Waals surface area contributed by atoms with E-state index in [0.717, 1.165) is 11.3 Å². The minimum atomic E-state index is -0.237. The molecule has 2 rings (SSSR count). The van der Waals surface area contributed by atoms with E-state index in [1.165, 1.54) is 12.1 Å². The van der Waals surface area contributed by atoms with Crippen molar-refractivity contribution < 1.29 is 4.39 Å². The number of hydrogen-bond donors (Lipinski definition) is 1. The number of rotatable bonds is 2. The molecule has 0 aliphatic rings. The van der Waals surface area contributed by atoms with Crippen molar-refractivity contribution in [1.82, 2.24) is 4.98 Å². The first kappa shape index (κ1) is 10.4. The zero-order valence-corrected chi connectivity index (χ0v) is 8.60. The Morgan fingerprint density at radius 2 is 1.75 bits per heavy atom. The van der Waals surface area contributed by atoms with Crippen LogP contribution in [-0.4, -0.2) is 4.98 Å². The van der Waals surface area contributed by atoms with Gasteiger partial charge < -0.3 is 5.73 Å². The van der Waals surface area contributed by atoms with Crippen molar-refractivity contribution in [2.24, 2.45) is 0 Å². The van der Waals surface area contributed by atoms with Crippen molar-refractivity contribution in [2.45, 2.75) is 0 Å². The van der Waals surface area contributed by atoms with Crippen LogP contribution in [0, 0.1) is 5.82 Å². The van der Waals surface area contributed by atoms with Gasteiger partial charge in [0.15, 0.2) is 0 Å². The summed E-state index contributed by atoms with van der Waals surface area (Å²) >= 11 is 0. The quantitative estimate of drug-likeness (QED) is 0.834. The molecule has 80 valence electrons. The lowest BCUT2D eigenvalue weighted by atomic mass is 10.2. The number of anilines is 1. The van der Waals surface area contributed by atoms with Gasteiger partial charge in [-0.3, -0.25) is 0 Å². The van der Waals surface area contributed by atoms with Crippen LogP contribution in [-0.2, 0) is 0 Å². The van der Waals surface area contributed by atoms with Crippen LogP contribution in [0.15, 0.2) is 42.5 Å². The van der Waals surface area contributed by atoms with Crippen LogP contribution in [0.5, 0.6) is 0 Å². The maximum Gasteiger partial charge on any atom is 0.124 e. The van der Waals surface area contributed by atoms with Gasteiger partial charge in [-0.05, 0) is 35.9 Å². The molecule has 16 heavy (non-hydrogen) atoms. The average molecular weight is 214 g/mol. The first-order valence-electron chi connectivity index (χ1n) is 4.90. The number of nitrogens with two attached hydrogens (primary N) is 1. The average Bonchev–Trinajstić information content (AvgIpc) is 2.28. The van der Waals surface area contributed by atoms with Gasteiger partial charge in [0, 0.05) is 0 Å². The summed E-state index contributed by atoms with van der Waals surface area (Å²) in [6, 6.07) is 11.7. The third kappa shape index (κ3) is 2.67. The lowest BCUT2D eigenvalue weighted by molar-refractivity contribution is 0.628. The van der Waals surface area contributed by atoms with E-state index in [9.17, 15) is 4.39 Å². The van der Waals surface area contributed by atoms with Crippen molar-refractivity contribution in [3.8, 4) is 0 Å². The van der Waals surface area contributed by atoms with Gasteiger partial charge in [-0.2, -0.15) is 0 Å². The fourth-order valence-electron chi connectivity index (χ4n) is 1.32. The Bertz CT molecular complexity index is 504. The van der Waals surface area contributed by atoms with Gasteiger partial charge in [0.05, 0.1) is 5.69 Å². The Labute approximate surface area is 93.3 Å². The van der Waals surface area contributed by atoms with E-state index in [1.807, 2.05) is 24.3 Å². The van der Waals surface area contributed by atoms with Gasteiger partial charge in [-0.1, -0.05) is 24.3 Å². The first-order chi connectivity index (χ1) is 7.74. The molecule has 0 radical (unpaired) electrons. The van der Waals surface area contributed by atoms with Crippen molar-refractivity contribution in [3.63, 3.8) is 0 Å². The van der Waals surface area contributed by atoms with E-state index in [-0.39, 0.29) is 5.82 Å². The van der Waals surface area contributed by atoms with Gasteiger partial charge in [0.2, 0.25) is 0 Å². The van der Waals surface area contributed by atoms with Crippen molar-refractivity contribution in [2.75, 3.05) is 5.73 Å². The largest absolute Gasteiger partial charge is 0.384 e. The predicted molar refractivity (Wildman–Crippen MR) is 64.0 cm³/mol. The molecule has 0 saturated heterocycles. The minimum absolute atomic E-state index is 0.237. The fourth-order valence-corrected chi connectivity index (χ4v) is 1.32. The highest BCUT2D eigenvalue weighted by Crippen LogP contribution is 2.08. The highest BCUT2D eigenvalue weighted by molar-refractivity contribution is 5.68. The van der Waals surface area contributed by atoms with E-state index in [0.29, 0.717) is 5.82 Å². The van der Waals surface area contributed by atoms with E-state index >= 15 is 0 Å². The van der Waals surface area contributed by atoms with Crippen LogP contribution < -0.4 is 5.73 Å². The molecule has 1 aromatic carbocycles. The second-order valence-electron chi connectivity index (χ2n) is 3.37. The highest BCUT2D eigenvalue weighted by atomic mass is 19.1. The topological polar surface area (TPSA) is 38.9 Å². The molecular formula is C13H11FN2. The summed E-state index contributed by atoms with van der Waals surface area (Å²) in [4.78, 5) is 4.12. The third-order valence-corrected chi connectivity index (χ3v) is 2.11. The van der Waals surface area contributed by atoms with Gasteiger partial charge in [0.1, 0.15) is 11.6 Å². The summed E-state index contributed by atoms with van der Waals surface area (Å²) in [5, 5.41) is 0. The zero-order valence-electron chi connectivity index (χ0n) is 8.60. The Kier molecular flexibility index (Phi) is 2.96. The molecule has 2 aromatic rings. The Hall–Kier alpha value is -2.16. The molecule has 2 nitrogen and oxygen atoms in total. The SMILES string of the molecule is Nc1cccc(C=Cc2ccc(F)cc2)n1. The molecule has 0 spiro atoms. The van der Waals surface area contributed by atoms with Crippen LogP contribution in [0.2, 0.25) is 0 Å². The Morgan fingerprint density at radius 3 is 2.44 bits per heavy atom. The van der Waals surface area contributed by atoms with Gasteiger partial charge in [-0.25, -0.2) is 9.37 Å². The number of nitrogen functional groups attached to an aromatic ring is 1. The number of benzene rings is 1. The van der Waals surface area contributed by atoms with Gasteiger partial charge in [-0.15, -0.1) is 0 Å². The first-order valence-corrected chi connectivity index (χ1v) is 4.90. The van der Waals surface area contributed by atoms with E-state index in [4.69, 9.17) is 5.73 Å². The standard InChI is InChI=1S/C13H11FN2/c14-11-7-4-10(5-8-11)6-9-12-2-1-3-13(15)16-12/h1-9H,(H2,15,16). The summed E-state index contributed by atoms with van der Waals surface area (Å²) in [5.41, 5.74) is 7.26. The van der Waals surface area contributed by atoms with Crippen molar-refractivity contribution in [1.29, 1.82) is 0 Å². The summed E-state index contributed by atoms with van der Waals surface area (Å²) < 4.78 is 12.6. The van der Waals surface area contributed by atoms with Crippen LogP contribution in [0.25, 0.3) is 12.2 Å². The molecule has 0 bridgehead atoms. The number of aromatic nitrogens is 1. The molecule has 0 atom stereocenters. The summed E-state index contributed by atoms with van der Waals surface area (Å²) in [7, 11) is 0. The zero-order chi connectivity index (χ0) is 11.4. The van der Waals surface area contributed by atoms with E-state index < -0.39 is 0 Å². The molecular weight excluding hydrogens is 203 g/mol. The van der Waals surface area contributed by atoms with E-state index in [2.05, 4.69) is 4.98 Å². The molecule has 1 heterocycles. The second kappa shape index (κ2) is 4.57. The molecule has 0 unspecified atom stereocenters. The van der Waals surface area contributed by atoms with Crippen molar-refractivity contribution >= 4 is 18.0 Å². The van der Waals surface area contributed by atoms with Crippen LogP contribution in [0.4, 0.5) is 10.2 Å². The maximum absolute atomic E-state index is 12.6. The Morgan fingerprint density at radius 1 is 1.00 bits per heavy atom.